The second-order valence-corrected chi connectivity index (χ2v) is 6.71. The second-order valence-electron chi connectivity index (χ2n) is 6.71. The molecule has 1 aliphatic rings. The number of alkyl halides is 3. The number of nitrogen functional groups attached to an aromatic ring is 1. The number of halogens is 3. The lowest BCUT2D eigenvalue weighted by atomic mass is 10.2. The Kier molecular flexibility index (Phi) is 4.76. The van der Waals surface area contributed by atoms with Crippen molar-refractivity contribution in [3.8, 4) is 0 Å². The van der Waals surface area contributed by atoms with Gasteiger partial charge in [-0.3, -0.25) is 4.90 Å². The first kappa shape index (κ1) is 18.4. The molecule has 3 aromatic rings. The number of fused-ring (bicyclic) bond motifs is 1. The lowest BCUT2D eigenvalue weighted by molar-refractivity contribution is -0.137. The number of hydrogen-bond donors (Lipinski definition) is 1. The quantitative estimate of drug-likeness (QED) is 0.744. The van der Waals surface area contributed by atoms with Crippen LogP contribution in [-0.2, 0) is 12.7 Å². The summed E-state index contributed by atoms with van der Waals surface area (Å²) in [4.78, 5) is 17.1. The van der Waals surface area contributed by atoms with E-state index in [2.05, 4.69) is 19.9 Å². The zero-order valence-electron chi connectivity index (χ0n) is 15.0. The van der Waals surface area contributed by atoms with E-state index in [-0.39, 0.29) is 0 Å². The van der Waals surface area contributed by atoms with Crippen molar-refractivity contribution in [2.24, 2.45) is 0 Å². The molecule has 0 spiro atoms. The average Bonchev–Trinajstić information content (AvgIpc) is 2.68. The second kappa shape index (κ2) is 7.23. The smallest absolute Gasteiger partial charge is 0.383 e. The van der Waals surface area contributed by atoms with Crippen LogP contribution in [0.1, 0.15) is 11.4 Å². The highest BCUT2D eigenvalue weighted by Crippen LogP contribution is 2.31. The van der Waals surface area contributed by atoms with E-state index >= 15 is 0 Å². The third-order valence-corrected chi connectivity index (χ3v) is 4.81. The van der Waals surface area contributed by atoms with Gasteiger partial charge in [-0.05, 0) is 24.3 Å². The summed E-state index contributed by atoms with van der Waals surface area (Å²) in [5.74, 6) is 1.44. The molecular weight excluding hydrogens is 369 g/mol. The molecule has 0 radical (unpaired) electrons. The normalized spacial score (nSPS) is 15.9. The minimum absolute atomic E-state index is 0.348. The fourth-order valence-corrected chi connectivity index (χ4v) is 3.32. The van der Waals surface area contributed by atoms with E-state index in [9.17, 15) is 13.2 Å². The summed E-state index contributed by atoms with van der Waals surface area (Å²) in [6.45, 7) is 3.05. The number of aromatic nitrogens is 3. The first-order chi connectivity index (χ1) is 13.4. The van der Waals surface area contributed by atoms with E-state index in [1.54, 1.807) is 0 Å². The molecule has 28 heavy (non-hydrogen) atoms. The molecule has 9 heteroatoms. The third-order valence-electron chi connectivity index (χ3n) is 4.81. The van der Waals surface area contributed by atoms with Gasteiger partial charge in [0.05, 0.1) is 17.6 Å². The number of piperazine rings is 1. The molecule has 3 heterocycles. The monoisotopic (exact) mass is 388 g/mol. The van der Waals surface area contributed by atoms with Crippen molar-refractivity contribution in [3.05, 3.63) is 54.0 Å². The number of rotatable bonds is 3. The Labute approximate surface area is 159 Å². The van der Waals surface area contributed by atoms with Crippen LogP contribution in [-0.4, -0.2) is 46.0 Å². The van der Waals surface area contributed by atoms with Crippen LogP contribution in [0.5, 0.6) is 0 Å². The summed E-state index contributed by atoms with van der Waals surface area (Å²) in [6.07, 6.45) is -3.16. The number of pyridine rings is 1. The Morgan fingerprint density at radius 2 is 1.75 bits per heavy atom. The highest BCUT2D eigenvalue weighted by Gasteiger charge is 2.31. The number of hydrogen-bond acceptors (Lipinski definition) is 6. The molecule has 0 aliphatic carbocycles. The predicted molar refractivity (Wildman–Crippen MR) is 101 cm³/mol. The van der Waals surface area contributed by atoms with Crippen molar-refractivity contribution >= 4 is 22.5 Å². The molecule has 1 aliphatic heterocycles. The van der Waals surface area contributed by atoms with Gasteiger partial charge < -0.3 is 10.6 Å². The maximum Gasteiger partial charge on any atom is 0.416 e. The summed E-state index contributed by atoms with van der Waals surface area (Å²) in [5.41, 5.74) is 6.15. The molecule has 6 nitrogen and oxygen atoms in total. The standard InChI is InChI=1S/C19H19F3N6/c20-19(21,22)13-5-6-24-17(11-13)28-9-7-27(8-10-28)12-16-25-15-4-2-1-3-14(15)18(23)26-16/h1-6,11H,7-10,12H2,(H2,23,25,26). The van der Waals surface area contributed by atoms with Crippen LogP contribution >= 0.6 is 0 Å². The maximum absolute atomic E-state index is 12.9. The van der Waals surface area contributed by atoms with Crippen molar-refractivity contribution in [3.63, 3.8) is 0 Å². The summed E-state index contributed by atoms with van der Waals surface area (Å²) in [7, 11) is 0. The lowest BCUT2D eigenvalue weighted by Gasteiger charge is -2.35. The SMILES string of the molecule is Nc1nc(CN2CCN(c3cc(C(F)(F)F)ccn3)CC2)nc2ccccc12. The molecule has 1 fully saturated rings. The molecule has 2 aromatic heterocycles. The molecule has 146 valence electrons. The van der Waals surface area contributed by atoms with Crippen LogP contribution in [0.25, 0.3) is 10.9 Å². The van der Waals surface area contributed by atoms with Crippen LogP contribution in [0.2, 0.25) is 0 Å². The van der Waals surface area contributed by atoms with E-state index in [1.807, 2.05) is 29.2 Å². The van der Waals surface area contributed by atoms with E-state index in [0.717, 1.165) is 23.0 Å². The van der Waals surface area contributed by atoms with Crippen LogP contribution in [0.15, 0.2) is 42.6 Å². The van der Waals surface area contributed by atoms with Gasteiger partial charge in [-0.25, -0.2) is 15.0 Å². The maximum atomic E-state index is 12.9. The molecule has 1 aromatic carbocycles. The van der Waals surface area contributed by atoms with Gasteiger partial charge in [-0.2, -0.15) is 13.2 Å². The van der Waals surface area contributed by atoms with Gasteiger partial charge in [0.25, 0.3) is 0 Å². The lowest BCUT2D eigenvalue weighted by Crippen LogP contribution is -2.46. The van der Waals surface area contributed by atoms with Crippen molar-refractivity contribution in [1.82, 2.24) is 19.9 Å². The first-order valence-corrected chi connectivity index (χ1v) is 8.92. The zero-order valence-corrected chi connectivity index (χ0v) is 15.0. The van der Waals surface area contributed by atoms with Gasteiger partial charge >= 0.3 is 6.18 Å². The molecule has 0 atom stereocenters. The Hall–Kier alpha value is -2.94. The molecule has 1 saturated heterocycles. The van der Waals surface area contributed by atoms with Gasteiger partial charge in [0, 0.05) is 37.8 Å². The molecule has 2 N–H and O–H groups in total. The van der Waals surface area contributed by atoms with Crippen molar-refractivity contribution < 1.29 is 13.2 Å². The van der Waals surface area contributed by atoms with Gasteiger partial charge in [0.2, 0.25) is 0 Å². The van der Waals surface area contributed by atoms with Crippen molar-refractivity contribution in [2.75, 3.05) is 36.8 Å². The number of para-hydroxylation sites is 1. The fourth-order valence-electron chi connectivity index (χ4n) is 3.32. The van der Waals surface area contributed by atoms with Gasteiger partial charge in [-0.1, -0.05) is 12.1 Å². The number of nitrogens with zero attached hydrogens (tertiary/aromatic N) is 5. The van der Waals surface area contributed by atoms with Crippen LogP contribution in [0.4, 0.5) is 24.8 Å². The Morgan fingerprint density at radius 1 is 1.00 bits per heavy atom. The molecule has 0 saturated carbocycles. The molecule has 0 amide bonds. The predicted octanol–water partition coefficient (Wildman–Crippen LogP) is 2.95. The average molecular weight is 388 g/mol. The summed E-state index contributed by atoms with van der Waals surface area (Å²) in [5, 5.41) is 0.826. The number of benzene rings is 1. The summed E-state index contributed by atoms with van der Waals surface area (Å²) < 4.78 is 38.7. The van der Waals surface area contributed by atoms with Crippen LogP contribution in [0.3, 0.4) is 0 Å². The van der Waals surface area contributed by atoms with Gasteiger partial charge in [0.1, 0.15) is 17.5 Å². The van der Waals surface area contributed by atoms with Gasteiger partial charge in [-0.15, -0.1) is 0 Å². The van der Waals surface area contributed by atoms with Crippen molar-refractivity contribution in [2.45, 2.75) is 12.7 Å². The third kappa shape index (κ3) is 3.84. The Morgan fingerprint density at radius 3 is 2.50 bits per heavy atom. The number of nitrogens with two attached hydrogens (primary N) is 1. The van der Waals surface area contributed by atoms with Crippen LogP contribution < -0.4 is 10.6 Å². The van der Waals surface area contributed by atoms with E-state index in [4.69, 9.17) is 5.73 Å². The fraction of sp³-hybridized carbons (Fsp3) is 0.316. The van der Waals surface area contributed by atoms with Crippen molar-refractivity contribution in [1.29, 1.82) is 0 Å². The largest absolute Gasteiger partial charge is 0.416 e. The zero-order chi connectivity index (χ0) is 19.7. The Balaban J connectivity index is 1.42. The van der Waals surface area contributed by atoms with E-state index < -0.39 is 11.7 Å². The van der Waals surface area contributed by atoms with Gasteiger partial charge in [0.15, 0.2) is 0 Å². The summed E-state index contributed by atoms with van der Waals surface area (Å²) >= 11 is 0. The first-order valence-electron chi connectivity index (χ1n) is 8.92. The molecule has 4 rings (SSSR count). The topological polar surface area (TPSA) is 71.2 Å². The van der Waals surface area contributed by atoms with E-state index in [0.29, 0.717) is 50.2 Å². The molecule has 0 bridgehead atoms. The highest BCUT2D eigenvalue weighted by molar-refractivity contribution is 5.87. The molecular formula is C19H19F3N6. The minimum Gasteiger partial charge on any atom is -0.383 e. The Bertz CT molecular complexity index is 983. The number of anilines is 2. The van der Waals surface area contributed by atoms with Crippen LogP contribution in [0, 0.1) is 0 Å². The van der Waals surface area contributed by atoms with E-state index in [1.165, 1.54) is 6.20 Å². The molecule has 0 unspecified atom stereocenters. The minimum atomic E-state index is -4.37. The summed E-state index contributed by atoms with van der Waals surface area (Å²) in [6, 6.07) is 9.66. The highest BCUT2D eigenvalue weighted by atomic mass is 19.4.